The SMILES string of the molecule is ClCc1nncn1-c1cc(I)ccc1Cl. The van der Waals surface area contributed by atoms with Crippen LogP contribution in [0.4, 0.5) is 0 Å². The van der Waals surface area contributed by atoms with Gasteiger partial charge in [-0.25, -0.2) is 0 Å². The van der Waals surface area contributed by atoms with Gasteiger partial charge in [-0.2, -0.15) is 0 Å². The molecule has 0 aliphatic rings. The average Bonchev–Trinajstić information content (AvgIpc) is 2.69. The average molecular weight is 354 g/mol. The molecule has 2 rings (SSSR count). The Hall–Kier alpha value is -0.330. The fourth-order valence-electron chi connectivity index (χ4n) is 1.22. The molecule has 0 aliphatic heterocycles. The molecule has 0 fully saturated rings. The predicted octanol–water partition coefficient (Wildman–Crippen LogP) is 3.26. The number of halogens is 3. The van der Waals surface area contributed by atoms with Crippen LogP contribution >= 0.6 is 45.8 Å². The zero-order chi connectivity index (χ0) is 10.8. The fraction of sp³-hybridized carbons (Fsp3) is 0.111. The molecule has 0 atom stereocenters. The van der Waals surface area contributed by atoms with Gasteiger partial charge in [0, 0.05) is 3.57 Å². The Morgan fingerprint density at radius 1 is 1.40 bits per heavy atom. The second-order valence-electron chi connectivity index (χ2n) is 2.85. The second kappa shape index (κ2) is 4.67. The van der Waals surface area contributed by atoms with E-state index in [-0.39, 0.29) is 0 Å². The highest BCUT2D eigenvalue weighted by Gasteiger charge is 2.08. The predicted molar refractivity (Wildman–Crippen MR) is 68.6 cm³/mol. The van der Waals surface area contributed by atoms with E-state index < -0.39 is 0 Å². The van der Waals surface area contributed by atoms with Gasteiger partial charge < -0.3 is 0 Å². The third kappa shape index (κ3) is 2.26. The number of nitrogens with zero attached hydrogens (tertiary/aromatic N) is 3. The van der Waals surface area contributed by atoms with Crippen molar-refractivity contribution in [2.45, 2.75) is 5.88 Å². The first-order valence-corrected chi connectivity index (χ1v) is 6.12. The summed E-state index contributed by atoms with van der Waals surface area (Å²) in [5.74, 6) is 0.988. The van der Waals surface area contributed by atoms with Crippen LogP contribution < -0.4 is 0 Å². The van der Waals surface area contributed by atoms with E-state index in [1.54, 1.807) is 10.9 Å². The summed E-state index contributed by atoms with van der Waals surface area (Å²) in [6.45, 7) is 0. The lowest BCUT2D eigenvalue weighted by atomic mass is 10.3. The molecule has 78 valence electrons. The van der Waals surface area contributed by atoms with Crippen LogP contribution in [0.15, 0.2) is 24.5 Å². The number of hydrogen-bond acceptors (Lipinski definition) is 2. The Kier molecular flexibility index (Phi) is 3.48. The summed E-state index contributed by atoms with van der Waals surface area (Å²) in [6, 6.07) is 5.75. The minimum absolute atomic E-state index is 0.307. The van der Waals surface area contributed by atoms with Crippen LogP contribution in [0.5, 0.6) is 0 Å². The quantitative estimate of drug-likeness (QED) is 0.612. The van der Waals surface area contributed by atoms with E-state index in [0.29, 0.717) is 16.7 Å². The van der Waals surface area contributed by atoms with Gasteiger partial charge in [-0.05, 0) is 40.8 Å². The van der Waals surface area contributed by atoms with Gasteiger partial charge in [0.1, 0.15) is 6.33 Å². The van der Waals surface area contributed by atoms with Crippen molar-refractivity contribution in [3.63, 3.8) is 0 Å². The summed E-state index contributed by atoms with van der Waals surface area (Å²) in [6.07, 6.45) is 1.61. The molecule has 0 saturated heterocycles. The molecular formula is C9H6Cl2IN3. The monoisotopic (exact) mass is 353 g/mol. The molecule has 0 unspecified atom stereocenters. The smallest absolute Gasteiger partial charge is 0.152 e. The first-order chi connectivity index (χ1) is 7.22. The van der Waals surface area contributed by atoms with Crippen molar-refractivity contribution < 1.29 is 0 Å². The van der Waals surface area contributed by atoms with Crippen molar-refractivity contribution >= 4 is 45.8 Å². The van der Waals surface area contributed by atoms with Gasteiger partial charge in [0.2, 0.25) is 0 Å². The largest absolute Gasteiger partial charge is 0.283 e. The van der Waals surface area contributed by atoms with Crippen molar-refractivity contribution in [1.82, 2.24) is 14.8 Å². The third-order valence-electron chi connectivity index (χ3n) is 1.91. The fourth-order valence-corrected chi connectivity index (χ4v) is 2.09. The molecule has 0 saturated carbocycles. The minimum Gasteiger partial charge on any atom is -0.283 e. The molecule has 1 aromatic carbocycles. The maximum atomic E-state index is 6.09. The highest BCUT2D eigenvalue weighted by Crippen LogP contribution is 2.23. The first kappa shape index (κ1) is 11.2. The Balaban J connectivity index is 2.58. The van der Waals surface area contributed by atoms with Crippen molar-refractivity contribution in [3.05, 3.63) is 38.9 Å². The normalized spacial score (nSPS) is 10.6. The van der Waals surface area contributed by atoms with Gasteiger partial charge >= 0.3 is 0 Å². The van der Waals surface area contributed by atoms with Crippen molar-refractivity contribution in [2.75, 3.05) is 0 Å². The Morgan fingerprint density at radius 2 is 2.20 bits per heavy atom. The number of rotatable bonds is 2. The highest BCUT2D eigenvalue weighted by molar-refractivity contribution is 14.1. The van der Waals surface area contributed by atoms with E-state index in [9.17, 15) is 0 Å². The minimum atomic E-state index is 0.307. The van der Waals surface area contributed by atoms with Gasteiger partial charge in [0.25, 0.3) is 0 Å². The van der Waals surface area contributed by atoms with Crippen LogP contribution in [0.2, 0.25) is 5.02 Å². The molecule has 0 aliphatic carbocycles. The maximum absolute atomic E-state index is 6.09. The lowest BCUT2D eigenvalue weighted by Crippen LogP contribution is -1.99. The van der Waals surface area contributed by atoms with E-state index in [1.807, 2.05) is 18.2 Å². The van der Waals surface area contributed by atoms with Crippen LogP contribution in [0.25, 0.3) is 5.69 Å². The molecule has 2 aromatic rings. The highest BCUT2D eigenvalue weighted by atomic mass is 127. The van der Waals surface area contributed by atoms with Gasteiger partial charge in [0.15, 0.2) is 5.82 Å². The number of hydrogen-bond donors (Lipinski definition) is 0. The summed E-state index contributed by atoms with van der Waals surface area (Å²) < 4.78 is 2.89. The maximum Gasteiger partial charge on any atom is 0.152 e. The number of alkyl halides is 1. The van der Waals surface area contributed by atoms with E-state index in [4.69, 9.17) is 23.2 Å². The Labute approximate surface area is 111 Å². The molecule has 0 bridgehead atoms. The third-order valence-corrected chi connectivity index (χ3v) is 3.14. The van der Waals surface area contributed by atoms with E-state index in [1.165, 1.54) is 0 Å². The lowest BCUT2D eigenvalue weighted by Gasteiger charge is -2.07. The Bertz CT molecular complexity index is 484. The van der Waals surface area contributed by atoms with E-state index >= 15 is 0 Å². The molecule has 1 heterocycles. The van der Waals surface area contributed by atoms with Crippen LogP contribution in [-0.4, -0.2) is 14.8 Å². The first-order valence-electron chi connectivity index (χ1n) is 4.12. The standard InChI is InChI=1S/C9H6Cl2IN3/c10-4-9-14-13-5-15(9)8-3-6(12)1-2-7(8)11/h1-3,5H,4H2. The molecular weight excluding hydrogens is 348 g/mol. The lowest BCUT2D eigenvalue weighted by molar-refractivity contribution is 0.950. The molecule has 6 heteroatoms. The van der Waals surface area contributed by atoms with Crippen molar-refractivity contribution in [3.8, 4) is 5.69 Å². The summed E-state index contributed by atoms with van der Waals surface area (Å²) >= 11 is 14.1. The molecule has 15 heavy (non-hydrogen) atoms. The second-order valence-corrected chi connectivity index (χ2v) is 4.77. The molecule has 0 amide bonds. The molecule has 1 aromatic heterocycles. The summed E-state index contributed by atoms with van der Waals surface area (Å²) in [5.41, 5.74) is 0.851. The number of aromatic nitrogens is 3. The van der Waals surface area contributed by atoms with Crippen LogP contribution in [0.1, 0.15) is 5.82 Å². The zero-order valence-electron chi connectivity index (χ0n) is 7.49. The zero-order valence-corrected chi connectivity index (χ0v) is 11.2. The molecule has 0 spiro atoms. The van der Waals surface area contributed by atoms with Crippen LogP contribution in [0, 0.1) is 3.57 Å². The topological polar surface area (TPSA) is 30.7 Å². The molecule has 0 N–H and O–H groups in total. The molecule has 3 nitrogen and oxygen atoms in total. The molecule has 0 radical (unpaired) electrons. The Morgan fingerprint density at radius 3 is 2.93 bits per heavy atom. The van der Waals surface area contributed by atoms with Crippen molar-refractivity contribution in [2.24, 2.45) is 0 Å². The van der Waals surface area contributed by atoms with Crippen LogP contribution in [0.3, 0.4) is 0 Å². The van der Waals surface area contributed by atoms with E-state index in [0.717, 1.165) is 9.26 Å². The van der Waals surface area contributed by atoms with Gasteiger partial charge in [-0.1, -0.05) is 11.6 Å². The summed E-state index contributed by atoms with van der Waals surface area (Å²) in [4.78, 5) is 0. The van der Waals surface area contributed by atoms with Gasteiger partial charge in [0.05, 0.1) is 16.6 Å². The van der Waals surface area contributed by atoms with Gasteiger partial charge in [-0.15, -0.1) is 21.8 Å². The summed E-state index contributed by atoms with van der Waals surface area (Å²) in [7, 11) is 0. The van der Waals surface area contributed by atoms with E-state index in [2.05, 4.69) is 32.8 Å². The van der Waals surface area contributed by atoms with Crippen LogP contribution in [-0.2, 0) is 5.88 Å². The summed E-state index contributed by atoms with van der Waals surface area (Å²) in [5, 5.41) is 8.36. The van der Waals surface area contributed by atoms with Crippen molar-refractivity contribution in [1.29, 1.82) is 0 Å². The van der Waals surface area contributed by atoms with Gasteiger partial charge in [-0.3, -0.25) is 4.57 Å². The number of benzene rings is 1.